The third-order valence-corrected chi connectivity index (χ3v) is 4.61. The summed E-state index contributed by atoms with van der Waals surface area (Å²) in [6.07, 6.45) is 0. The first-order valence-electron chi connectivity index (χ1n) is 10.00. The first-order chi connectivity index (χ1) is 15.6. The molecule has 3 aromatic carbocycles. The van der Waals surface area contributed by atoms with E-state index in [0.29, 0.717) is 28.8 Å². The van der Waals surface area contributed by atoms with Crippen LogP contribution in [0.5, 0.6) is 5.75 Å². The van der Waals surface area contributed by atoms with Crippen molar-refractivity contribution in [2.24, 2.45) is 0 Å². The van der Waals surface area contributed by atoms with Gasteiger partial charge in [-0.15, -0.1) is 0 Å². The molecule has 0 bridgehead atoms. The Morgan fingerprint density at radius 2 is 1.62 bits per heavy atom. The number of aromatic nitrogens is 3. The Balaban J connectivity index is 1.49. The first-order valence-corrected chi connectivity index (χ1v) is 10.00. The molecule has 0 saturated carbocycles. The number of para-hydroxylation sites is 3. The number of carbonyl (C=O) groups excluding carboxylic acids is 1. The monoisotopic (exact) mass is 426 g/mol. The summed E-state index contributed by atoms with van der Waals surface area (Å²) in [5.41, 5.74) is 8.87. The van der Waals surface area contributed by atoms with Gasteiger partial charge in [0, 0.05) is 11.4 Å². The van der Waals surface area contributed by atoms with Gasteiger partial charge in [0.25, 0.3) is 5.91 Å². The van der Waals surface area contributed by atoms with Gasteiger partial charge in [0.05, 0.1) is 5.56 Å². The van der Waals surface area contributed by atoms with Gasteiger partial charge in [-0.1, -0.05) is 48.5 Å². The number of benzene rings is 3. The molecule has 0 radical (unpaired) electrons. The lowest BCUT2D eigenvalue weighted by atomic mass is 10.2. The molecule has 1 amide bonds. The van der Waals surface area contributed by atoms with Gasteiger partial charge in [0.2, 0.25) is 11.9 Å². The predicted octanol–water partition coefficient (Wildman–Crippen LogP) is 4.34. The van der Waals surface area contributed by atoms with Gasteiger partial charge < -0.3 is 21.1 Å². The van der Waals surface area contributed by atoms with E-state index < -0.39 is 0 Å². The molecule has 4 N–H and O–H groups in total. The summed E-state index contributed by atoms with van der Waals surface area (Å²) in [5, 5.41) is 6.00. The molecule has 8 heteroatoms. The highest BCUT2D eigenvalue weighted by Gasteiger charge is 2.14. The molecule has 32 heavy (non-hydrogen) atoms. The van der Waals surface area contributed by atoms with Crippen LogP contribution >= 0.6 is 0 Å². The zero-order chi connectivity index (χ0) is 22.3. The van der Waals surface area contributed by atoms with Crippen molar-refractivity contribution in [3.05, 3.63) is 95.8 Å². The summed E-state index contributed by atoms with van der Waals surface area (Å²) >= 11 is 0. The number of nitrogens with zero attached hydrogens (tertiary/aromatic N) is 3. The molecule has 0 aliphatic rings. The Hall–Kier alpha value is -4.46. The maximum absolute atomic E-state index is 12.7. The molecule has 0 atom stereocenters. The van der Waals surface area contributed by atoms with Gasteiger partial charge in [0.1, 0.15) is 12.4 Å². The number of nitrogens with one attached hydrogen (secondary N) is 2. The second-order valence-corrected chi connectivity index (χ2v) is 6.98. The number of ether oxygens (including phenoxy) is 1. The molecule has 0 spiro atoms. The summed E-state index contributed by atoms with van der Waals surface area (Å²) in [4.78, 5) is 25.4. The van der Waals surface area contributed by atoms with E-state index in [0.717, 1.165) is 11.3 Å². The summed E-state index contributed by atoms with van der Waals surface area (Å²) in [7, 11) is 0. The number of nitrogen functional groups attached to an aromatic ring is 1. The number of hydrogen-bond donors (Lipinski definition) is 3. The molecule has 160 valence electrons. The van der Waals surface area contributed by atoms with Crippen molar-refractivity contribution >= 4 is 29.2 Å². The Morgan fingerprint density at radius 3 is 2.44 bits per heavy atom. The number of aryl methyl sites for hydroxylation is 1. The molecule has 0 fully saturated rings. The van der Waals surface area contributed by atoms with E-state index in [1.54, 1.807) is 24.3 Å². The van der Waals surface area contributed by atoms with Crippen LogP contribution < -0.4 is 21.1 Å². The largest absolute Gasteiger partial charge is 0.485 e. The van der Waals surface area contributed by atoms with Crippen molar-refractivity contribution in [2.75, 3.05) is 16.4 Å². The lowest BCUT2D eigenvalue weighted by molar-refractivity contribution is 0.102. The minimum Gasteiger partial charge on any atom is -0.485 e. The zero-order valence-corrected chi connectivity index (χ0v) is 17.4. The molecule has 1 aromatic heterocycles. The molecular weight excluding hydrogens is 404 g/mol. The maximum atomic E-state index is 12.7. The zero-order valence-electron chi connectivity index (χ0n) is 17.4. The molecular formula is C24H22N6O2. The van der Waals surface area contributed by atoms with Gasteiger partial charge in [-0.2, -0.15) is 15.0 Å². The van der Waals surface area contributed by atoms with Crippen molar-refractivity contribution < 1.29 is 9.53 Å². The van der Waals surface area contributed by atoms with Crippen molar-refractivity contribution in [2.45, 2.75) is 13.5 Å². The van der Waals surface area contributed by atoms with Crippen LogP contribution in [0.4, 0.5) is 23.3 Å². The summed E-state index contributed by atoms with van der Waals surface area (Å²) in [6, 6.07) is 24.0. The van der Waals surface area contributed by atoms with Crippen LogP contribution in [0.15, 0.2) is 78.9 Å². The average molecular weight is 426 g/mol. The van der Waals surface area contributed by atoms with Crippen molar-refractivity contribution in [3.63, 3.8) is 0 Å². The van der Waals surface area contributed by atoms with Gasteiger partial charge in [0.15, 0.2) is 5.82 Å². The van der Waals surface area contributed by atoms with Crippen LogP contribution in [0.2, 0.25) is 0 Å². The average Bonchev–Trinajstić information content (AvgIpc) is 2.80. The highest BCUT2D eigenvalue weighted by molar-refractivity contribution is 6.06. The SMILES string of the molecule is Cc1ccccc1Nc1nc(N)nc(COc2ccccc2C(=O)Nc2ccccc2)n1. The Bertz CT molecular complexity index is 1230. The molecule has 0 saturated heterocycles. The molecule has 4 rings (SSSR count). The van der Waals surface area contributed by atoms with Crippen LogP contribution in [-0.2, 0) is 6.61 Å². The lowest BCUT2D eigenvalue weighted by Gasteiger charge is -2.12. The second kappa shape index (κ2) is 9.57. The van der Waals surface area contributed by atoms with Crippen LogP contribution in [0.3, 0.4) is 0 Å². The number of hydrogen-bond acceptors (Lipinski definition) is 7. The number of anilines is 4. The van der Waals surface area contributed by atoms with Crippen molar-refractivity contribution in [3.8, 4) is 5.75 Å². The summed E-state index contributed by atoms with van der Waals surface area (Å²) in [5.74, 6) is 0.870. The fourth-order valence-electron chi connectivity index (χ4n) is 3.03. The fourth-order valence-corrected chi connectivity index (χ4v) is 3.03. The maximum Gasteiger partial charge on any atom is 0.259 e. The number of rotatable bonds is 7. The van der Waals surface area contributed by atoms with E-state index in [1.807, 2.05) is 61.5 Å². The Kier molecular flexibility index (Phi) is 6.22. The van der Waals surface area contributed by atoms with E-state index in [4.69, 9.17) is 10.5 Å². The van der Waals surface area contributed by atoms with Crippen LogP contribution in [0, 0.1) is 6.92 Å². The minimum atomic E-state index is -0.274. The van der Waals surface area contributed by atoms with Crippen LogP contribution in [0.25, 0.3) is 0 Å². The molecule has 0 aliphatic heterocycles. The van der Waals surface area contributed by atoms with Gasteiger partial charge in [-0.25, -0.2) is 0 Å². The minimum absolute atomic E-state index is 0.0187. The van der Waals surface area contributed by atoms with E-state index in [2.05, 4.69) is 25.6 Å². The summed E-state index contributed by atoms with van der Waals surface area (Å²) < 4.78 is 5.87. The summed E-state index contributed by atoms with van der Waals surface area (Å²) in [6.45, 7) is 2.00. The highest BCUT2D eigenvalue weighted by Crippen LogP contribution is 2.22. The second-order valence-electron chi connectivity index (χ2n) is 6.98. The quantitative estimate of drug-likeness (QED) is 0.403. The van der Waals surface area contributed by atoms with E-state index in [1.165, 1.54) is 0 Å². The fraction of sp³-hybridized carbons (Fsp3) is 0.0833. The molecule has 0 unspecified atom stereocenters. The Labute approximate surface area is 185 Å². The molecule has 4 aromatic rings. The smallest absolute Gasteiger partial charge is 0.259 e. The van der Waals surface area contributed by atoms with Gasteiger partial charge in [-0.3, -0.25) is 4.79 Å². The normalized spacial score (nSPS) is 10.4. The van der Waals surface area contributed by atoms with E-state index >= 15 is 0 Å². The molecule has 8 nitrogen and oxygen atoms in total. The predicted molar refractivity (Wildman–Crippen MR) is 124 cm³/mol. The van der Waals surface area contributed by atoms with Gasteiger partial charge >= 0.3 is 0 Å². The Morgan fingerprint density at radius 1 is 0.906 bits per heavy atom. The lowest BCUT2D eigenvalue weighted by Crippen LogP contribution is -2.14. The van der Waals surface area contributed by atoms with Crippen molar-refractivity contribution in [1.29, 1.82) is 0 Å². The number of amides is 1. The third-order valence-electron chi connectivity index (χ3n) is 4.61. The standard InChI is InChI=1S/C24H22N6O2/c1-16-9-5-7-13-19(16)27-24-29-21(28-23(25)30-24)15-32-20-14-8-6-12-18(20)22(31)26-17-10-3-2-4-11-17/h2-14H,15H2,1H3,(H,26,31)(H3,25,27,28,29,30). The molecule has 1 heterocycles. The number of carbonyl (C=O) groups is 1. The molecule has 0 aliphatic carbocycles. The van der Waals surface area contributed by atoms with E-state index in [-0.39, 0.29) is 18.5 Å². The first kappa shape index (κ1) is 20.8. The van der Waals surface area contributed by atoms with Crippen LogP contribution in [0.1, 0.15) is 21.7 Å². The van der Waals surface area contributed by atoms with Gasteiger partial charge in [-0.05, 0) is 42.8 Å². The third kappa shape index (κ3) is 5.17. The number of nitrogens with two attached hydrogens (primary N) is 1. The highest BCUT2D eigenvalue weighted by atomic mass is 16.5. The van der Waals surface area contributed by atoms with Crippen molar-refractivity contribution in [1.82, 2.24) is 15.0 Å². The topological polar surface area (TPSA) is 115 Å². The van der Waals surface area contributed by atoms with E-state index in [9.17, 15) is 4.79 Å². The van der Waals surface area contributed by atoms with Crippen LogP contribution in [-0.4, -0.2) is 20.9 Å².